The Hall–Kier alpha value is -1.08. The quantitative estimate of drug-likeness (QED) is 0.858. The fraction of sp³-hybridized carbons (Fsp3) is 0.0909. The number of rotatable bonds is 3. The SMILES string of the molecule is Cc1ccnc(NS(=O)(=O)c2cc(Cl)c(Cl)cc2Cl)n1. The smallest absolute Gasteiger partial charge is 0.247 e. The number of benzene rings is 1. The van der Waals surface area contributed by atoms with E-state index in [1.165, 1.54) is 18.3 Å². The van der Waals surface area contributed by atoms with Crippen LogP contribution >= 0.6 is 34.8 Å². The van der Waals surface area contributed by atoms with E-state index in [1.807, 2.05) is 0 Å². The molecule has 0 amide bonds. The first-order chi connectivity index (χ1) is 9.29. The number of aryl methyl sites for hydroxylation is 1. The van der Waals surface area contributed by atoms with Gasteiger partial charge in [-0.2, -0.15) is 0 Å². The molecule has 0 spiro atoms. The Labute approximate surface area is 131 Å². The maximum atomic E-state index is 12.2. The molecule has 0 atom stereocenters. The van der Waals surface area contributed by atoms with Crippen LogP contribution in [0.5, 0.6) is 0 Å². The van der Waals surface area contributed by atoms with E-state index in [4.69, 9.17) is 34.8 Å². The molecule has 5 nitrogen and oxygen atoms in total. The van der Waals surface area contributed by atoms with Gasteiger partial charge in [-0.15, -0.1) is 0 Å². The standard InChI is InChI=1S/C11H8Cl3N3O2S/c1-6-2-3-15-11(16-6)17-20(18,19)10-5-8(13)7(12)4-9(10)14/h2-5H,1H3,(H,15,16,17). The van der Waals surface area contributed by atoms with E-state index < -0.39 is 10.0 Å². The average Bonchev–Trinajstić information content (AvgIpc) is 2.33. The van der Waals surface area contributed by atoms with Gasteiger partial charge < -0.3 is 0 Å². The monoisotopic (exact) mass is 351 g/mol. The third-order valence-electron chi connectivity index (χ3n) is 2.28. The van der Waals surface area contributed by atoms with Gasteiger partial charge in [-0.25, -0.2) is 23.1 Å². The predicted molar refractivity (Wildman–Crippen MR) is 79.0 cm³/mol. The van der Waals surface area contributed by atoms with Crippen LogP contribution in [0.25, 0.3) is 0 Å². The fourth-order valence-corrected chi connectivity index (χ4v) is 3.34. The zero-order chi connectivity index (χ0) is 14.9. The van der Waals surface area contributed by atoms with E-state index in [0.29, 0.717) is 5.69 Å². The summed E-state index contributed by atoms with van der Waals surface area (Å²) in [4.78, 5) is 7.57. The lowest BCUT2D eigenvalue weighted by Crippen LogP contribution is -2.15. The fourth-order valence-electron chi connectivity index (χ4n) is 1.38. The van der Waals surface area contributed by atoms with Crippen LogP contribution in [0.15, 0.2) is 29.3 Å². The Bertz CT molecular complexity index is 766. The Morgan fingerprint density at radius 1 is 1.10 bits per heavy atom. The maximum absolute atomic E-state index is 12.2. The molecular weight excluding hydrogens is 345 g/mol. The van der Waals surface area contributed by atoms with Crippen LogP contribution in [0, 0.1) is 6.92 Å². The van der Waals surface area contributed by atoms with Crippen molar-refractivity contribution in [1.82, 2.24) is 9.97 Å². The number of hydrogen-bond acceptors (Lipinski definition) is 4. The minimum Gasteiger partial charge on any atom is -0.247 e. The highest BCUT2D eigenvalue weighted by atomic mass is 35.5. The minimum absolute atomic E-state index is 0.0421. The molecule has 2 rings (SSSR count). The topological polar surface area (TPSA) is 72.0 Å². The lowest BCUT2D eigenvalue weighted by molar-refractivity contribution is 0.601. The van der Waals surface area contributed by atoms with Crippen molar-refractivity contribution in [2.75, 3.05) is 4.72 Å². The second kappa shape index (κ2) is 5.73. The Balaban J connectivity index is 2.43. The van der Waals surface area contributed by atoms with Crippen LogP contribution in [0.2, 0.25) is 15.1 Å². The normalized spacial score (nSPS) is 11.4. The van der Waals surface area contributed by atoms with Gasteiger partial charge >= 0.3 is 0 Å². The van der Waals surface area contributed by atoms with Crippen LogP contribution in [-0.2, 0) is 10.0 Å². The first-order valence-electron chi connectivity index (χ1n) is 5.26. The van der Waals surface area contributed by atoms with Gasteiger partial charge in [-0.1, -0.05) is 34.8 Å². The van der Waals surface area contributed by atoms with E-state index in [0.717, 1.165) is 0 Å². The van der Waals surface area contributed by atoms with Gasteiger partial charge in [0.15, 0.2) is 0 Å². The van der Waals surface area contributed by atoms with E-state index in [9.17, 15) is 8.42 Å². The summed E-state index contributed by atoms with van der Waals surface area (Å²) in [7, 11) is -3.95. The van der Waals surface area contributed by atoms with Crippen LogP contribution in [0.3, 0.4) is 0 Å². The molecule has 106 valence electrons. The molecule has 0 unspecified atom stereocenters. The largest absolute Gasteiger partial charge is 0.265 e. The lowest BCUT2D eigenvalue weighted by atomic mass is 10.4. The van der Waals surface area contributed by atoms with Gasteiger partial charge in [0.25, 0.3) is 10.0 Å². The molecule has 20 heavy (non-hydrogen) atoms. The summed E-state index contributed by atoms with van der Waals surface area (Å²) in [6, 6.07) is 4.07. The van der Waals surface area contributed by atoms with Crippen LogP contribution in [-0.4, -0.2) is 18.4 Å². The predicted octanol–water partition coefficient (Wildman–Crippen LogP) is 3.55. The summed E-state index contributed by atoms with van der Waals surface area (Å²) in [6.45, 7) is 1.71. The van der Waals surface area contributed by atoms with Crippen molar-refractivity contribution in [3.63, 3.8) is 0 Å². The number of aromatic nitrogens is 2. The summed E-state index contributed by atoms with van der Waals surface area (Å²) in [5.74, 6) is -0.0489. The summed E-state index contributed by atoms with van der Waals surface area (Å²) < 4.78 is 26.7. The highest BCUT2D eigenvalue weighted by molar-refractivity contribution is 7.92. The molecule has 1 aromatic heterocycles. The Morgan fingerprint density at radius 3 is 2.40 bits per heavy atom. The molecule has 2 aromatic rings. The molecule has 1 heterocycles. The molecule has 0 aliphatic heterocycles. The van der Waals surface area contributed by atoms with Crippen molar-refractivity contribution < 1.29 is 8.42 Å². The average molecular weight is 353 g/mol. The zero-order valence-electron chi connectivity index (χ0n) is 10.1. The highest BCUT2D eigenvalue weighted by Crippen LogP contribution is 2.32. The van der Waals surface area contributed by atoms with Gasteiger partial charge in [0.05, 0.1) is 15.1 Å². The van der Waals surface area contributed by atoms with Crippen molar-refractivity contribution in [3.8, 4) is 0 Å². The molecule has 0 fully saturated rings. The Kier molecular flexibility index (Phi) is 4.39. The van der Waals surface area contributed by atoms with E-state index in [1.54, 1.807) is 13.0 Å². The molecule has 0 saturated carbocycles. The van der Waals surface area contributed by atoms with Crippen molar-refractivity contribution >= 4 is 50.8 Å². The second-order valence-electron chi connectivity index (χ2n) is 3.82. The number of nitrogens with one attached hydrogen (secondary N) is 1. The first-order valence-corrected chi connectivity index (χ1v) is 7.88. The van der Waals surface area contributed by atoms with E-state index in [-0.39, 0.29) is 25.9 Å². The maximum Gasteiger partial charge on any atom is 0.265 e. The molecule has 0 bridgehead atoms. The number of nitrogens with zero attached hydrogens (tertiary/aromatic N) is 2. The zero-order valence-corrected chi connectivity index (χ0v) is 13.1. The summed E-state index contributed by atoms with van der Waals surface area (Å²) in [6.07, 6.45) is 1.44. The van der Waals surface area contributed by atoms with Gasteiger partial charge in [0.1, 0.15) is 4.90 Å². The summed E-state index contributed by atoms with van der Waals surface area (Å²) >= 11 is 17.4. The highest BCUT2D eigenvalue weighted by Gasteiger charge is 2.21. The van der Waals surface area contributed by atoms with Crippen molar-refractivity contribution in [2.45, 2.75) is 11.8 Å². The molecule has 0 aliphatic rings. The van der Waals surface area contributed by atoms with Gasteiger partial charge in [-0.05, 0) is 25.1 Å². The molecule has 0 radical (unpaired) electrons. The van der Waals surface area contributed by atoms with Crippen LogP contribution in [0.4, 0.5) is 5.95 Å². The Morgan fingerprint density at radius 2 is 1.75 bits per heavy atom. The van der Waals surface area contributed by atoms with Gasteiger partial charge in [0, 0.05) is 11.9 Å². The van der Waals surface area contributed by atoms with Gasteiger partial charge in [0.2, 0.25) is 5.95 Å². The van der Waals surface area contributed by atoms with Crippen molar-refractivity contribution in [3.05, 3.63) is 45.2 Å². The third-order valence-corrected chi connectivity index (χ3v) is 4.80. The van der Waals surface area contributed by atoms with E-state index in [2.05, 4.69) is 14.7 Å². The number of halogens is 3. The van der Waals surface area contributed by atoms with Crippen molar-refractivity contribution in [1.29, 1.82) is 0 Å². The number of hydrogen-bond donors (Lipinski definition) is 1. The molecule has 0 saturated heterocycles. The minimum atomic E-state index is -3.95. The first kappa shape index (κ1) is 15.3. The molecule has 9 heteroatoms. The van der Waals surface area contributed by atoms with Gasteiger partial charge in [-0.3, -0.25) is 0 Å². The molecule has 1 aromatic carbocycles. The van der Waals surface area contributed by atoms with Crippen molar-refractivity contribution in [2.24, 2.45) is 0 Å². The van der Waals surface area contributed by atoms with Crippen LogP contribution < -0.4 is 4.72 Å². The van der Waals surface area contributed by atoms with E-state index >= 15 is 0 Å². The third kappa shape index (κ3) is 3.32. The molecule has 0 aliphatic carbocycles. The molecule has 1 N–H and O–H groups in total. The lowest BCUT2D eigenvalue weighted by Gasteiger charge is -2.09. The number of anilines is 1. The number of sulfonamides is 1. The van der Waals surface area contributed by atoms with Crippen LogP contribution in [0.1, 0.15) is 5.69 Å². The second-order valence-corrected chi connectivity index (χ2v) is 6.70. The summed E-state index contributed by atoms with van der Waals surface area (Å²) in [5, 5.41) is 0.212. The molecular formula is C11H8Cl3N3O2S. The summed E-state index contributed by atoms with van der Waals surface area (Å²) in [5.41, 5.74) is 0.623.